The Hall–Kier alpha value is -1.22. The first kappa shape index (κ1) is 13.2. The first-order chi connectivity index (χ1) is 8.88. The maximum atomic E-state index is 5.61. The average molecular weight is 249 g/mol. The van der Waals surface area contributed by atoms with E-state index in [9.17, 15) is 0 Å². The molecule has 0 aromatic heterocycles. The quantitative estimate of drug-likeness (QED) is 0.751. The van der Waals surface area contributed by atoms with Crippen LogP contribution in [0.15, 0.2) is 24.3 Å². The van der Waals surface area contributed by atoms with Crippen LogP contribution in [0, 0.1) is 0 Å². The highest BCUT2D eigenvalue weighted by Crippen LogP contribution is 2.19. The van der Waals surface area contributed by atoms with Crippen molar-refractivity contribution in [3.05, 3.63) is 24.3 Å². The van der Waals surface area contributed by atoms with Crippen LogP contribution >= 0.6 is 0 Å². The van der Waals surface area contributed by atoms with E-state index in [-0.39, 0.29) is 0 Å². The molecule has 0 amide bonds. The monoisotopic (exact) mass is 249 g/mol. The molecular formula is C15H23NO2. The molecule has 1 N–H and O–H groups in total. The van der Waals surface area contributed by atoms with E-state index < -0.39 is 0 Å². The van der Waals surface area contributed by atoms with Crippen molar-refractivity contribution in [2.45, 2.75) is 38.7 Å². The van der Waals surface area contributed by atoms with Crippen LogP contribution in [0.2, 0.25) is 0 Å². The molecule has 0 aliphatic carbocycles. The number of benzene rings is 1. The number of hydrogen-bond donors (Lipinski definition) is 1. The Morgan fingerprint density at radius 3 is 3.17 bits per heavy atom. The topological polar surface area (TPSA) is 30.5 Å². The lowest BCUT2D eigenvalue weighted by Gasteiger charge is -2.11. The predicted molar refractivity (Wildman–Crippen MR) is 74.3 cm³/mol. The van der Waals surface area contributed by atoms with Gasteiger partial charge in [-0.3, -0.25) is 0 Å². The number of ether oxygens (including phenoxy) is 2. The van der Waals surface area contributed by atoms with E-state index in [1.807, 2.05) is 19.1 Å². The van der Waals surface area contributed by atoms with Crippen molar-refractivity contribution in [1.29, 1.82) is 0 Å². The predicted octanol–water partition coefficient (Wildman–Crippen LogP) is 3.46. The number of nitrogens with one attached hydrogen (secondary N) is 1. The summed E-state index contributed by atoms with van der Waals surface area (Å²) in [6.45, 7) is 4.66. The zero-order valence-electron chi connectivity index (χ0n) is 11.2. The maximum Gasteiger partial charge on any atom is 0.121 e. The van der Waals surface area contributed by atoms with Crippen molar-refractivity contribution < 1.29 is 9.47 Å². The molecule has 1 heterocycles. The maximum absolute atomic E-state index is 5.61. The van der Waals surface area contributed by atoms with Crippen molar-refractivity contribution in [2.75, 3.05) is 25.1 Å². The Balaban J connectivity index is 1.67. The summed E-state index contributed by atoms with van der Waals surface area (Å²) in [5.74, 6) is 0.932. The molecule has 1 aromatic carbocycles. The second-order valence-electron chi connectivity index (χ2n) is 4.66. The van der Waals surface area contributed by atoms with Gasteiger partial charge in [0.1, 0.15) is 5.75 Å². The third-order valence-electron chi connectivity index (χ3n) is 3.20. The van der Waals surface area contributed by atoms with E-state index in [0.717, 1.165) is 37.4 Å². The molecule has 0 bridgehead atoms. The Labute approximate surface area is 109 Å². The van der Waals surface area contributed by atoms with E-state index in [0.29, 0.717) is 12.7 Å². The van der Waals surface area contributed by atoms with Crippen molar-refractivity contribution >= 4 is 5.69 Å². The van der Waals surface area contributed by atoms with E-state index in [1.54, 1.807) is 0 Å². The third-order valence-corrected chi connectivity index (χ3v) is 3.20. The zero-order valence-corrected chi connectivity index (χ0v) is 11.2. The first-order valence-electron chi connectivity index (χ1n) is 6.97. The summed E-state index contributed by atoms with van der Waals surface area (Å²) in [5, 5.41) is 3.43. The van der Waals surface area contributed by atoms with E-state index >= 15 is 0 Å². The SMILES string of the molecule is CCOc1cccc(NCCCC2CCCO2)c1. The Bertz CT molecular complexity index is 348. The summed E-state index contributed by atoms with van der Waals surface area (Å²) in [6, 6.07) is 8.14. The summed E-state index contributed by atoms with van der Waals surface area (Å²) < 4.78 is 11.1. The van der Waals surface area contributed by atoms with Crippen LogP contribution in [0.1, 0.15) is 32.6 Å². The summed E-state index contributed by atoms with van der Waals surface area (Å²) >= 11 is 0. The molecule has 1 aromatic rings. The molecule has 1 saturated heterocycles. The van der Waals surface area contributed by atoms with Crippen LogP contribution in [0.5, 0.6) is 5.75 Å². The molecular weight excluding hydrogens is 226 g/mol. The smallest absolute Gasteiger partial charge is 0.121 e. The summed E-state index contributed by atoms with van der Waals surface area (Å²) in [6.07, 6.45) is 5.29. The molecule has 3 heteroatoms. The van der Waals surface area contributed by atoms with Gasteiger partial charge in [-0.15, -0.1) is 0 Å². The van der Waals surface area contributed by atoms with Crippen molar-refractivity contribution in [3.63, 3.8) is 0 Å². The molecule has 18 heavy (non-hydrogen) atoms. The van der Waals surface area contributed by atoms with E-state index in [2.05, 4.69) is 17.4 Å². The summed E-state index contributed by atoms with van der Waals surface area (Å²) in [7, 11) is 0. The lowest BCUT2D eigenvalue weighted by Crippen LogP contribution is -2.09. The van der Waals surface area contributed by atoms with Gasteiger partial charge in [0.05, 0.1) is 12.7 Å². The van der Waals surface area contributed by atoms with Gasteiger partial charge < -0.3 is 14.8 Å². The van der Waals surface area contributed by atoms with Crippen LogP contribution in [0.4, 0.5) is 5.69 Å². The molecule has 0 saturated carbocycles. The van der Waals surface area contributed by atoms with Gasteiger partial charge in [-0.2, -0.15) is 0 Å². The molecule has 0 spiro atoms. The normalized spacial score (nSPS) is 18.8. The van der Waals surface area contributed by atoms with Gasteiger partial charge in [-0.1, -0.05) is 6.07 Å². The van der Waals surface area contributed by atoms with E-state index in [1.165, 1.54) is 12.8 Å². The minimum atomic E-state index is 0.501. The Morgan fingerprint density at radius 1 is 1.44 bits per heavy atom. The molecule has 100 valence electrons. The second kappa shape index (κ2) is 7.27. The largest absolute Gasteiger partial charge is 0.494 e. The van der Waals surface area contributed by atoms with Crippen LogP contribution in [0.25, 0.3) is 0 Å². The fourth-order valence-corrected chi connectivity index (χ4v) is 2.30. The summed E-state index contributed by atoms with van der Waals surface area (Å²) in [5.41, 5.74) is 1.13. The average Bonchev–Trinajstić information content (AvgIpc) is 2.89. The van der Waals surface area contributed by atoms with Crippen LogP contribution in [-0.4, -0.2) is 25.9 Å². The van der Waals surface area contributed by atoms with Gasteiger partial charge in [0, 0.05) is 24.9 Å². The van der Waals surface area contributed by atoms with Crippen molar-refractivity contribution in [2.24, 2.45) is 0 Å². The van der Waals surface area contributed by atoms with Gasteiger partial charge in [0.15, 0.2) is 0 Å². The molecule has 1 fully saturated rings. The van der Waals surface area contributed by atoms with Gasteiger partial charge >= 0.3 is 0 Å². The minimum absolute atomic E-state index is 0.501. The molecule has 1 atom stereocenters. The van der Waals surface area contributed by atoms with Gasteiger partial charge in [-0.25, -0.2) is 0 Å². The van der Waals surface area contributed by atoms with Gasteiger partial charge in [0.25, 0.3) is 0 Å². The second-order valence-corrected chi connectivity index (χ2v) is 4.66. The standard InChI is InChI=1S/C15H23NO2/c1-2-17-15-7-3-6-13(12-15)16-10-4-8-14-9-5-11-18-14/h3,6-7,12,14,16H,2,4-5,8-11H2,1H3. The molecule has 1 aliphatic rings. The Morgan fingerprint density at radius 2 is 2.39 bits per heavy atom. The number of anilines is 1. The molecule has 0 radical (unpaired) electrons. The van der Waals surface area contributed by atoms with Gasteiger partial charge in [-0.05, 0) is 44.7 Å². The highest BCUT2D eigenvalue weighted by atomic mass is 16.5. The Kier molecular flexibility index (Phi) is 5.34. The van der Waals surface area contributed by atoms with Crippen LogP contribution in [0.3, 0.4) is 0 Å². The lowest BCUT2D eigenvalue weighted by molar-refractivity contribution is 0.103. The molecule has 1 unspecified atom stereocenters. The lowest BCUT2D eigenvalue weighted by atomic mass is 10.1. The van der Waals surface area contributed by atoms with Gasteiger partial charge in [0.2, 0.25) is 0 Å². The third kappa shape index (κ3) is 4.22. The number of rotatable bonds is 7. The minimum Gasteiger partial charge on any atom is -0.494 e. The zero-order chi connectivity index (χ0) is 12.6. The van der Waals surface area contributed by atoms with Crippen molar-refractivity contribution in [3.8, 4) is 5.75 Å². The first-order valence-corrected chi connectivity index (χ1v) is 6.97. The van der Waals surface area contributed by atoms with E-state index in [4.69, 9.17) is 9.47 Å². The highest BCUT2D eigenvalue weighted by Gasteiger charge is 2.14. The molecule has 2 rings (SSSR count). The fourth-order valence-electron chi connectivity index (χ4n) is 2.30. The van der Waals surface area contributed by atoms with Crippen LogP contribution < -0.4 is 10.1 Å². The highest BCUT2D eigenvalue weighted by molar-refractivity contribution is 5.48. The molecule has 3 nitrogen and oxygen atoms in total. The molecule has 1 aliphatic heterocycles. The van der Waals surface area contributed by atoms with Crippen molar-refractivity contribution in [1.82, 2.24) is 0 Å². The summed E-state index contributed by atoms with van der Waals surface area (Å²) in [4.78, 5) is 0. The fraction of sp³-hybridized carbons (Fsp3) is 0.600. The van der Waals surface area contributed by atoms with Crippen LogP contribution in [-0.2, 0) is 4.74 Å². The number of hydrogen-bond acceptors (Lipinski definition) is 3.